The van der Waals surface area contributed by atoms with Crippen LogP contribution in [-0.2, 0) is 4.43 Å². The zero-order valence-corrected chi connectivity index (χ0v) is 27.9. The van der Waals surface area contributed by atoms with E-state index < -0.39 is 13.7 Å². The lowest BCUT2D eigenvalue weighted by atomic mass is 10.0. The Bertz CT molecular complexity index is 404. The minimum absolute atomic E-state index is 0.663. The number of hydrogen-bond donors (Lipinski definition) is 0. The Morgan fingerprint density at radius 1 is 0.389 bits per heavy atom. The smallest absolute Gasteiger partial charge is 0.287 e. The van der Waals surface area contributed by atoms with Crippen LogP contribution in [0.3, 0.4) is 0 Å². The Hall–Kier alpha value is 1.05. The van der Waals surface area contributed by atoms with Gasteiger partial charge in [0.2, 0.25) is 0 Å². The van der Waals surface area contributed by atoms with Crippen LogP contribution < -0.4 is 0 Å². The summed E-state index contributed by atoms with van der Waals surface area (Å²) in [6.07, 6.45) is 40.3. The van der Waals surface area contributed by atoms with E-state index in [9.17, 15) is 0 Å². The molecular weight excluding hydrogens is 523 g/mol. The van der Waals surface area contributed by atoms with Crippen molar-refractivity contribution < 1.29 is 4.43 Å². The van der Waals surface area contributed by atoms with Crippen molar-refractivity contribution in [3.05, 3.63) is 0 Å². The quantitative estimate of drug-likeness (QED) is 0.0462. The molecule has 0 spiro atoms. The largest absolute Gasteiger partial charge is 0.383 e. The fourth-order valence-electron chi connectivity index (χ4n) is 5.14. The first-order chi connectivity index (χ1) is 17.6. The molecule has 0 bridgehead atoms. The van der Waals surface area contributed by atoms with Crippen molar-refractivity contribution in [1.29, 1.82) is 0 Å². The third-order valence-corrected chi connectivity index (χ3v) is 9.82. The van der Waals surface area contributed by atoms with Gasteiger partial charge in [-0.2, -0.15) is 0 Å². The van der Waals surface area contributed by atoms with Gasteiger partial charge in [0.15, 0.2) is 9.76 Å². The number of alkyl halides is 3. The minimum atomic E-state index is -1.49. The molecule has 0 aliphatic heterocycles. The van der Waals surface area contributed by atoms with Crippen molar-refractivity contribution in [2.75, 3.05) is 0 Å². The summed E-state index contributed by atoms with van der Waals surface area (Å²) in [6, 6.07) is 1.12. The highest BCUT2D eigenvalue weighted by atomic mass is 35.6. The van der Waals surface area contributed by atoms with Crippen molar-refractivity contribution >= 4 is 44.6 Å². The predicted octanol–water partition coefficient (Wildman–Crippen LogP) is 12.8. The van der Waals surface area contributed by atoms with E-state index in [1.807, 2.05) is 0 Å². The summed E-state index contributed by atoms with van der Waals surface area (Å²) in [4.78, 5) is 0. The van der Waals surface area contributed by atoms with Crippen LogP contribution in [0.4, 0.5) is 0 Å². The molecule has 5 heteroatoms. The van der Waals surface area contributed by atoms with Gasteiger partial charge in [-0.1, -0.05) is 222 Å². The van der Waals surface area contributed by atoms with E-state index in [1.165, 1.54) is 180 Å². The second-order valence-electron chi connectivity index (χ2n) is 11.2. The third-order valence-electron chi connectivity index (χ3n) is 7.51. The van der Waals surface area contributed by atoms with E-state index in [1.54, 1.807) is 0 Å². The second kappa shape index (κ2) is 30.6. The Labute approximate surface area is 244 Å². The van der Waals surface area contributed by atoms with E-state index in [0.29, 0.717) is 0 Å². The lowest BCUT2D eigenvalue weighted by Crippen LogP contribution is -2.12. The number of halogens is 3. The first-order valence-electron chi connectivity index (χ1n) is 16.3. The van der Waals surface area contributed by atoms with Crippen LogP contribution in [0.1, 0.15) is 187 Å². The van der Waals surface area contributed by atoms with E-state index in [2.05, 4.69) is 6.92 Å². The van der Waals surface area contributed by atoms with E-state index in [4.69, 9.17) is 39.2 Å². The molecule has 0 fully saturated rings. The third kappa shape index (κ3) is 35.0. The van der Waals surface area contributed by atoms with Gasteiger partial charge in [-0.05, 0) is 6.04 Å². The molecule has 0 amide bonds. The zero-order valence-electron chi connectivity index (χ0n) is 24.3. The van der Waals surface area contributed by atoms with Gasteiger partial charge >= 0.3 is 0 Å². The molecule has 0 N–H and O–H groups in total. The molecular formula is C31H63Cl3OSi. The van der Waals surface area contributed by atoms with Gasteiger partial charge in [-0.15, -0.1) is 0 Å². The van der Waals surface area contributed by atoms with Crippen LogP contribution in [0.2, 0.25) is 6.04 Å². The van der Waals surface area contributed by atoms with Gasteiger partial charge in [0.05, 0.1) is 0 Å². The molecule has 0 unspecified atom stereocenters. The summed E-state index contributed by atoms with van der Waals surface area (Å²) in [7, 11) is -0.663. The van der Waals surface area contributed by atoms with Crippen molar-refractivity contribution in [1.82, 2.24) is 0 Å². The summed E-state index contributed by atoms with van der Waals surface area (Å²) in [5.74, 6) is 0. The summed E-state index contributed by atoms with van der Waals surface area (Å²) < 4.78 is 3.74. The Morgan fingerprint density at radius 2 is 0.611 bits per heavy atom. The van der Waals surface area contributed by atoms with Gasteiger partial charge in [0, 0.05) is 0 Å². The fraction of sp³-hybridized carbons (Fsp3) is 1.00. The molecule has 0 radical (unpaired) electrons. The van der Waals surface area contributed by atoms with E-state index in [-0.39, 0.29) is 0 Å². The van der Waals surface area contributed by atoms with Crippen LogP contribution in [-0.4, -0.2) is 13.7 Å². The molecule has 1 nitrogen and oxygen atoms in total. The second-order valence-corrected chi connectivity index (χ2v) is 14.8. The van der Waals surface area contributed by atoms with E-state index in [0.717, 1.165) is 6.04 Å². The minimum Gasteiger partial charge on any atom is -0.383 e. The van der Waals surface area contributed by atoms with Gasteiger partial charge in [0.1, 0.15) is 0 Å². The molecule has 0 saturated heterocycles. The molecule has 0 saturated carbocycles. The highest BCUT2D eigenvalue weighted by Crippen LogP contribution is 2.27. The monoisotopic (exact) mass is 584 g/mol. The lowest BCUT2D eigenvalue weighted by molar-refractivity contribution is 0.338. The number of rotatable bonds is 30. The summed E-state index contributed by atoms with van der Waals surface area (Å²) in [6.45, 7) is 2.30. The molecule has 36 heavy (non-hydrogen) atoms. The normalized spacial score (nSPS) is 12.3. The first kappa shape index (κ1) is 37.0. The standard InChI is InChI=1S/C31H63Cl3OSi/c1-2-3-4-5-6-7-8-9-10-11-12-13-14-15-16-17-18-19-20-21-22-23-24-25-26-27-28-29-30-36-35-31(32,33)34/h2-30,36H2,1H3. The predicted molar refractivity (Wildman–Crippen MR) is 170 cm³/mol. The number of hydrogen-bond acceptors (Lipinski definition) is 1. The topological polar surface area (TPSA) is 9.23 Å². The summed E-state index contributed by atoms with van der Waals surface area (Å²) in [5, 5.41) is 0. The van der Waals surface area contributed by atoms with Crippen molar-refractivity contribution in [2.45, 2.75) is 197 Å². The molecule has 218 valence electrons. The maximum Gasteiger partial charge on any atom is 0.287 e. The Balaban J connectivity index is 3.03. The average molecular weight is 586 g/mol. The highest BCUT2D eigenvalue weighted by molar-refractivity contribution is 6.67. The Kier molecular flexibility index (Phi) is 31.5. The molecule has 0 heterocycles. The highest BCUT2D eigenvalue weighted by Gasteiger charge is 2.18. The zero-order chi connectivity index (χ0) is 26.4. The van der Waals surface area contributed by atoms with Crippen molar-refractivity contribution in [3.8, 4) is 0 Å². The molecule has 0 rings (SSSR count). The van der Waals surface area contributed by atoms with Gasteiger partial charge in [-0.25, -0.2) is 0 Å². The summed E-state index contributed by atoms with van der Waals surface area (Å²) >= 11 is 16.8. The Morgan fingerprint density at radius 3 is 0.833 bits per heavy atom. The molecule has 0 aromatic carbocycles. The van der Waals surface area contributed by atoms with Crippen molar-refractivity contribution in [2.24, 2.45) is 0 Å². The van der Waals surface area contributed by atoms with Gasteiger partial charge in [0.25, 0.3) is 3.98 Å². The maximum absolute atomic E-state index is 5.59. The summed E-state index contributed by atoms with van der Waals surface area (Å²) in [5.41, 5.74) is 0. The van der Waals surface area contributed by atoms with Crippen LogP contribution in [0.5, 0.6) is 0 Å². The van der Waals surface area contributed by atoms with E-state index >= 15 is 0 Å². The number of unbranched alkanes of at least 4 members (excludes halogenated alkanes) is 27. The first-order valence-corrected chi connectivity index (χ1v) is 19.0. The molecule has 0 aromatic heterocycles. The fourth-order valence-corrected chi connectivity index (χ4v) is 6.76. The molecule has 0 aliphatic carbocycles. The molecule has 0 atom stereocenters. The average Bonchev–Trinajstić information content (AvgIpc) is 2.84. The van der Waals surface area contributed by atoms with Gasteiger partial charge in [-0.3, -0.25) is 0 Å². The maximum atomic E-state index is 5.59. The van der Waals surface area contributed by atoms with Crippen LogP contribution >= 0.6 is 34.8 Å². The molecule has 0 aromatic rings. The van der Waals surface area contributed by atoms with Crippen molar-refractivity contribution in [3.63, 3.8) is 0 Å². The SMILES string of the molecule is CCCCCCCCCCCCCCCCCCCCCCCCCCCCCC[SiH2]OC(Cl)(Cl)Cl. The molecule has 0 aliphatic rings. The van der Waals surface area contributed by atoms with Crippen LogP contribution in [0.15, 0.2) is 0 Å². The lowest BCUT2D eigenvalue weighted by Gasteiger charge is -2.11. The van der Waals surface area contributed by atoms with Crippen LogP contribution in [0, 0.1) is 0 Å². The van der Waals surface area contributed by atoms with Gasteiger partial charge < -0.3 is 4.43 Å². The van der Waals surface area contributed by atoms with Crippen LogP contribution in [0.25, 0.3) is 0 Å².